The van der Waals surface area contributed by atoms with E-state index in [-0.39, 0.29) is 27.7 Å². The van der Waals surface area contributed by atoms with Gasteiger partial charge in [0.05, 0.1) is 18.2 Å². The van der Waals surface area contributed by atoms with Crippen LogP contribution in [0.5, 0.6) is 0 Å². The Kier molecular flexibility index (Phi) is 8.65. The van der Waals surface area contributed by atoms with Gasteiger partial charge in [-0.1, -0.05) is 35.9 Å². The highest BCUT2D eigenvalue weighted by molar-refractivity contribution is 6.31. The Morgan fingerprint density at radius 2 is 1.87 bits per heavy atom. The molecule has 2 aromatic carbocycles. The van der Waals surface area contributed by atoms with Crippen LogP contribution in [0, 0.1) is 17.1 Å². The Morgan fingerprint density at radius 1 is 1.13 bits per heavy atom. The number of carbonyl (C=O) groups excluding carboxylic acids is 3. The molecule has 1 aliphatic heterocycles. The van der Waals surface area contributed by atoms with E-state index in [0.29, 0.717) is 4.90 Å². The third-order valence-corrected chi connectivity index (χ3v) is 7.79. The Morgan fingerprint density at radius 3 is 2.51 bits per heavy atom. The summed E-state index contributed by atoms with van der Waals surface area (Å²) in [5, 5.41) is 21.7. The lowest BCUT2D eigenvalue weighted by atomic mass is 9.87. The molecule has 1 aromatic heterocycles. The molecule has 5 rings (SSSR count). The van der Waals surface area contributed by atoms with E-state index in [1.165, 1.54) is 48.7 Å². The van der Waals surface area contributed by atoms with E-state index in [9.17, 15) is 42.7 Å². The minimum Gasteiger partial charge on any atom is -0.465 e. The number of aromatic nitrogens is 1. The van der Waals surface area contributed by atoms with Gasteiger partial charge < -0.3 is 10.4 Å². The Hall–Kier alpha value is -5.16. The van der Waals surface area contributed by atoms with Crippen molar-refractivity contribution in [2.75, 3.05) is 22.9 Å². The van der Waals surface area contributed by atoms with Gasteiger partial charge in [0.25, 0.3) is 11.8 Å². The molecule has 0 spiro atoms. The second-order valence-electron chi connectivity index (χ2n) is 10.5. The lowest BCUT2D eigenvalue weighted by Gasteiger charge is -2.42. The number of carbonyl (C=O) groups is 4. The maximum Gasteiger partial charge on any atom is 0.407 e. The molecule has 0 radical (unpaired) electrons. The third-order valence-electron chi connectivity index (χ3n) is 7.44. The van der Waals surface area contributed by atoms with Gasteiger partial charge in [-0.3, -0.25) is 29.1 Å². The van der Waals surface area contributed by atoms with Crippen LogP contribution in [0.2, 0.25) is 5.02 Å². The number of hydrogen-bond donors (Lipinski definition) is 2. The summed E-state index contributed by atoms with van der Waals surface area (Å²) in [5.74, 6) is -6.74. The van der Waals surface area contributed by atoms with Crippen LogP contribution >= 0.6 is 11.6 Å². The molecule has 1 aliphatic carbocycles. The standard InChI is InChI=1S/C30H24ClF3N6O5/c31-22-7-2-1-6-21(22)26(27(42)37-19-12-30(33,34)13-19)39(20-5-3-4-18(32)11-20)28(43)23-15-38(29(44)45)16-25(41)40(23)24-10-17(14-35)8-9-36-24/h1-11,19,23,26H,12-13,15-16H2,(H,37,42)(H,44,45). The van der Waals surface area contributed by atoms with Crippen molar-refractivity contribution in [1.82, 2.24) is 15.2 Å². The number of nitrogens with zero attached hydrogens (tertiary/aromatic N) is 5. The van der Waals surface area contributed by atoms with Crippen LogP contribution in [0.4, 0.5) is 29.5 Å². The van der Waals surface area contributed by atoms with Crippen molar-refractivity contribution in [3.8, 4) is 6.07 Å². The molecule has 2 heterocycles. The summed E-state index contributed by atoms with van der Waals surface area (Å²) in [6, 6.07) is 10.8. The van der Waals surface area contributed by atoms with Crippen molar-refractivity contribution in [1.29, 1.82) is 5.26 Å². The van der Waals surface area contributed by atoms with Gasteiger partial charge in [0.1, 0.15) is 30.3 Å². The van der Waals surface area contributed by atoms with Gasteiger partial charge in [0.15, 0.2) is 0 Å². The summed E-state index contributed by atoms with van der Waals surface area (Å²) in [7, 11) is 0. The minimum atomic E-state index is -2.98. The lowest BCUT2D eigenvalue weighted by Crippen LogP contribution is -2.64. The van der Waals surface area contributed by atoms with Crippen molar-refractivity contribution >= 4 is 46.9 Å². The Balaban J connectivity index is 1.66. The molecule has 11 nitrogen and oxygen atoms in total. The fourth-order valence-corrected chi connectivity index (χ4v) is 5.58. The smallest absolute Gasteiger partial charge is 0.407 e. The monoisotopic (exact) mass is 640 g/mol. The van der Waals surface area contributed by atoms with Gasteiger partial charge in [-0.25, -0.2) is 22.9 Å². The summed E-state index contributed by atoms with van der Waals surface area (Å²) in [5.41, 5.74) is -0.0291. The SMILES string of the molecule is N#Cc1ccnc(N2C(=O)CN(C(=O)O)CC2C(=O)N(c2cccc(F)c2)C(C(=O)NC2CC(F)(F)C2)c2ccccc2Cl)c1. The number of hydrogen-bond acceptors (Lipinski definition) is 6. The molecule has 0 bridgehead atoms. The van der Waals surface area contributed by atoms with Crippen LogP contribution in [0.1, 0.15) is 30.0 Å². The molecular weight excluding hydrogens is 617 g/mol. The number of rotatable bonds is 7. The van der Waals surface area contributed by atoms with E-state index in [2.05, 4.69) is 10.3 Å². The number of benzene rings is 2. The van der Waals surface area contributed by atoms with E-state index in [4.69, 9.17) is 11.6 Å². The van der Waals surface area contributed by atoms with Crippen LogP contribution in [-0.2, 0) is 14.4 Å². The summed E-state index contributed by atoms with van der Waals surface area (Å²) in [4.78, 5) is 60.7. The van der Waals surface area contributed by atoms with Gasteiger partial charge in [-0.05, 0) is 36.4 Å². The molecule has 2 unspecified atom stereocenters. The van der Waals surface area contributed by atoms with Crippen LogP contribution in [0.25, 0.3) is 0 Å². The van der Waals surface area contributed by atoms with Crippen LogP contribution in [0.15, 0.2) is 66.9 Å². The summed E-state index contributed by atoms with van der Waals surface area (Å²) < 4.78 is 42.0. The normalized spacial score (nSPS) is 18.4. The number of piperazine rings is 1. The van der Waals surface area contributed by atoms with Crippen LogP contribution in [-0.4, -0.2) is 69.9 Å². The Labute approximate surface area is 259 Å². The topological polar surface area (TPSA) is 147 Å². The van der Waals surface area contributed by atoms with Crippen molar-refractivity contribution in [3.05, 3.63) is 88.8 Å². The van der Waals surface area contributed by atoms with E-state index < -0.39 is 79.6 Å². The second-order valence-corrected chi connectivity index (χ2v) is 10.9. The largest absolute Gasteiger partial charge is 0.465 e. The number of carboxylic acid groups (broad SMARTS) is 1. The third kappa shape index (κ3) is 6.53. The Bertz CT molecular complexity index is 1710. The molecule has 3 aromatic rings. The first-order valence-electron chi connectivity index (χ1n) is 13.6. The highest BCUT2D eigenvalue weighted by atomic mass is 35.5. The molecule has 45 heavy (non-hydrogen) atoms. The van der Waals surface area contributed by atoms with Gasteiger partial charge in [-0.2, -0.15) is 5.26 Å². The van der Waals surface area contributed by atoms with Gasteiger partial charge in [0.2, 0.25) is 11.8 Å². The van der Waals surface area contributed by atoms with Crippen molar-refractivity contribution < 1.29 is 37.5 Å². The minimum absolute atomic E-state index is 0.0120. The average molecular weight is 641 g/mol. The number of nitrogens with one attached hydrogen (secondary N) is 1. The van der Waals surface area contributed by atoms with E-state index in [0.717, 1.165) is 21.9 Å². The summed E-state index contributed by atoms with van der Waals surface area (Å²) >= 11 is 6.49. The number of alkyl halides is 2. The highest BCUT2D eigenvalue weighted by Crippen LogP contribution is 2.39. The second kappa shape index (κ2) is 12.4. The zero-order valence-corrected chi connectivity index (χ0v) is 24.0. The number of halogens is 4. The molecule has 4 amide bonds. The molecule has 2 aliphatic rings. The van der Waals surface area contributed by atoms with E-state index in [1.54, 1.807) is 6.07 Å². The maximum absolute atomic E-state index is 14.7. The fraction of sp³-hybridized carbons (Fsp3) is 0.267. The van der Waals surface area contributed by atoms with Crippen molar-refractivity contribution in [3.63, 3.8) is 0 Å². The first-order valence-corrected chi connectivity index (χ1v) is 13.9. The van der Waals surface area contributed by atoms with Crippen molar-refractivity contribution in [2.45, 2.75) is 36.9 Å². The van der Waals surface area contributed by atoms with Gasteiger partial charge >= 0.3 is 6.09 Å². The first kappa shape index (κ1) is 31.3. The predicted octanol–water partition coefficient (Wildman–Crippen LogP) is 4.13. The highest BCUT2D eigenvalue weighted by Gasteiger charge is 2.49. The number of pyridine rings is 1. The summed E-state index contributed by atoms with van der Waals surface area (Å²) in [6.45, 7) is -1.24. The molecule has 2 atom stereocenters. The zero-order chi connectivity index (χ0) is 32.5. The predicted molar refractivity (Wildman–Crippen MR) is 154 cm³/mol. The molecule has 2 N–H and O–H groups in total. The molecule has 15 heteroatoms. The quantitative estimate of drug-likeness (QED) is 0.395. The van der Waals surface area contributed by atoms with Crippen LogP contribution < -0.4 is 15.1 Å². The average Bonchev–Trinajstić information content (AvgIpc) is 2.98. The molecular formula is C30H24ClF3N6O5. The fourth-order valence-electron chi connectivity index (χ4n) is 5.34. The lowest BCUT2D eigenvalue weighted by molar-refractivity contribution is -0.133. The number of nitriles is 1. The van der Waals surface area contributed by atoms with Gasteiger partial charge in [-0.15, -0.1) is 0 Å². The maximum atomic E-state index is 14.7. The molecule has 1 saturated heterocycles. The number of anilines is 2. The molecule has 232 valence electrons. The molecule has 1 saturated carbocycles. The molecule has 2 fully saturated rings. The van der Waals surface area contributed by atoms with Crippen molar-refractivity contribution in [2.24, 2.45) is 0 Å². The number of amides is 4. The first-order chi connectivity index (χ1) is 21.4. The van der Waals surface area contributed by atoms with Crippen LogP contribution in [0.3, 0.4) is 0 Å². The van der Waals surface area contributed by atoms with E-state index in [1.807, 2.05) is 6.07 Å². The van der Waals surface area contributed by atoms with E-state index >= 15 is 0 Å². The zero-order valence-electron chi connectivity index (χ0n) is 23.2. The summed E-state index contributed by atoms with van der Waals surface area (Å²) in [6.07, 6.45) is -1.56. The van der Waals surface area contributed by atoms with Gasteiger partial charge in [0, 0.05) is 41.4 Å².